The normalized spacial score (nSPS) is 10.6. The van der Waals surface area contributed by atoms with Gasteiger partial charge in [0.2, 0.25) is 0 Å². The van der Waals surface area contributed by atoms with Crippen molar-refractivity contribution in [3.05, 3.63) is 93.2 Å². The van der Waals surface area contributed by atoms with E-state index in [2.05, 4.69) is 95.5 Å². The summed E-state index contributed by atoms with van der Waals surface area (Å²) in [5.74, 6) is 0.793. The van der Waals surface area contributed by atoms with Crippen molar-refractivity contribution in [1.29, 1.82) is 0 Å². The Labute approximate surface area is 250 Å². The Kier molecular flexibility index (Phi) is 14.4. The van der Waals surface area contributed by atoms with E-state index in [4.69, 9.17) is 0 Å². The minimum absolute atomic E-state index is 0. The number of thiophene rings is 1. The molecule has 3 aromatic carbocycles. The van der Waals surface area contributed by atoms with E-state index in [0.717, 1.165) is 11.1 Å². The fourth-order valence-corrected chi connectivity index (χ4v) is 5.03. The van der Waals surface area contributed by atoms with Crippen molar-refractivity contribution in [2.75, 3.05) is 0 Å². The van der Waals surface area contributed by atoms with Gasteiger partial charge >= 0.3 is 80.9 Å². The number of hydrogen-bond donors (Lipinski definition) is 2. The molecule has 0 radical (unpaired) electrons. The molecule has 0 spiro atoms. The van der Waals surface area contributed by atoms with Crippen molar-refractivity contribution in [1.82, 2.24) is 0 Å². The monoisotopic (exact) mass is 594 g/mol. The molecule has 4 aromatic rings. The second-order valence-corrected chi connectivity index (χ2v) is 12.2. The number of benzene rings is 3. The van der Waals surface area contributed by atoms with Crippen molar-refractivity contribution < 1.29 is 30.2 Å². The van der Waals surface area contributed by atoms with Crippen LogP contribution in [-0.2, 0) is 30.8 Å². The molecule has 6 heteroatoms. The summed E-state index contributed by atoms with van der Waals surface area (Å²) in [6.45, 7) is 16.7. The summed E-state index contributed by atoms with van der Waals surface area (Å²) in [7, 11) is 0. The molecule has 1 heterocycles. The molecule has 37 heavy (non-hydrogen) atoms. The van der Waals surface area contributed by atoms with E-state index in [9.17, 15) is 10.2 Å². The van der Waals surface area contributed by atoms with Crippen LogP contribution in [0.4, 0.5) is 0 Å². The SMILES string of the molecule is Cc1ccc(O)c(C(C)(C)C)c1.Cc1ccc(O)c(C(C)(C)C)c1.Cl.Cl.[Ti]=[CH]c1scc2ccccc12. The Hall–Kier alpha value is -1.62. The molecule has 4 rings (SSSR count). The zero-order valence-electron chi connectivity index (χ0n) is 23.0. The van der Waals surface area contributed by atoms with Gasteiger partial charge in [0.25, 0.3) is 0 Å². The van der Waals surface area contributed by atoms with Crippen molar-refractivity contribution in [2.24, 2.45) is 0 Å². The van der Waals surface area contributed by atoms with Crippen LogP contribution in [0, 0.1) is 13.8 Å². The molecular weight excluding hydrogens is 555 g/mol. The van der Waals surface area contributed by atoms with E-state index in [0.29, 0.717) is 11.5 Å². The summed E-state index contributed by atoms with van der Waals surface area (Å²) in [4.78, 5) is 1.38. The van der Waals surface area contributed by atoms with Gasteiger partial charge in [0, 0.05) is 0 Å². The molecule has 0 saturated carbocycles. The average molecular weight is 595 g/mol. The summed E-state index contributed by atoms with van der Waals surface area (Å²) >= 11 is 3.89. The fraction of sp³-hybridized carbons (Fsp3) is 0.323. The first kappa shape index (κ1) is 35.4. The maximum absolute atomic E-state index is 9.57. The topological polar surface area (TPSA) is 40.5 Å². The number of aryl methyl sites for hydroxylation is 2. The fourth-order valence-electron chi connectivity index (χ4n) is 3.63. The van der Waals surface area contributed by atoms with Crippen LogP contribution in [0.25, 0.3) is 10.8 Å². The Balaban J connectivity index is 0.000000512. The number of halogens is 2. The molecule has 2 N–H and O–H groups in total. The van der Waals surface area contributed by atoms with Crippen LogP contribution >= 0.6 is 36.2 Å². The van der Waals surface area contributed by atoms with Gasteiger partial charge in [-0.2, -0.15) is 0 Å². The number of hydrogen-bond acceptors (Lipinski definition) is 3. The Morgan fingerprint density at radius 2 is 1.14 bits per heavy atom. The van der Waals surface area contributed by atoms with Crippen molar-refractivity contribution in [3.8, 4) is 11.5 Å². The van der Waals surface area contributed by atoms with Gasteiger partial charge in [-0.25, -0.2) is 0 Å². The molecule has 0 bridgehead atoms. The van der Waals surface area contributed by atoms with Gasteiger partial charge in [-0.05, 0) is 47.9 Å². The molecule has 0 aliphatic carbocycles. The number of fused-ring (bicyclic) bond motifs is 1. The maximum atomic E-state index is 9.57. The van der Waals surface area contributed by atoms with Gasteiger partial charge in [-0.1, -0.05) is 76.9 Å². The molecular formula is C31H40Cl2O2STi. The third kappa shape index (κ3) is 10.6. The van der Waals surface area contributed by atoms with E-state index in [1.807, 2.05) is 49.4 Å². The number of phenolic OH excluding ortho intramolecular Hbond substituents is 2. The van der Waals surface area contributed by atoms with E-state index in [1.165, 1.54) is 26.8 Å². The van der Waals surface area contributed by atoms with Gasteiger partial charge < -0.3 is 10.2 Å². The standard InChI is InChI=1S/2C11H16O.C9H6S.2ClH.Ti/c2*1-8-5-6-10(12)9(7-8)11(2,3)4;1-7-9-5-3-2-4-8(9)6-10-7;;;/h2*5-7,12H,1-4H3;1-6H;2*1H;. The van der Waals surface area contributed by atoms with Crippen LogP contribution in [0.2, 0.25) is 0 Å². The van der Waals surface area contributed by atoms with E-state index >= 15 is 0 Å². The van der Waals surface area contributed by atoms with Gasteiger partial charge in [-0.15, -0.1) is 24.8 Å². The average Bonchev–Trinajstić information content (AvgIpc) is 3.20. The van der Waals surface area contributed by atoms with Crippen molar-refractivity contribution in [2.45, 2.75) is 66.2 Å². The third-order valence-corrected chi connectivity index (χ3v) is 7.33. The van der Waals surface area contributed by atoms with E-state index in [-0.39, 0.29) is 35.6 Å². The molecule has 0 amide bonds. The van der Waals surface area contributed by atoms with Crippen LogP contribution in [0.1, 0.15) is 68.7 Å². The number of rotatable bonds is 1. The molecule has 0 atom stereocenters. The Morgan fingerprint density at radius 3 is 1.51 bits per heavy atom. The second-order valence-electron chi connectivity index (χ2n) is 10.9. The minimum atomic E-state index is 0. The molecule has 200 valence electrons. The van der Waals surface area contributed by atoms with Crippen LogP contribution in [0.3, 0.4) is 0 Å². The van der Waals surface area contributed by atoms with Gasteiger partial charge in [0.1, 0.15) is 11.5 Å². The number of aromatic hydroxyl groups is 2. The third-order valence-electron chi connectivity index (χ3n) is 5.59. The summed E-state index contributed by atoms with van der Waals surface area (Å²) < 4.78 is 2.16. The van der Waals surface area contributed by atoms with Crippen LogP contribution in [-0.4, -0.2) is 14.5 Å². The first-order valence-electron chi connectivity index (χ1n) is 11.8. The second kappa shape index (κ2) is 15.1. The van der Waals surface area contributed by atoms with Crippen LogP contribution in [0.15, 0.2) is 66.0 Å². The molecule has 0 aliphatic heterocycles. The zero-order chi connectivity index (χ0) is 26.4. The summed E-state index contributed by atoms with van der Waals surface area (Å²) in [5, 5.41) is 24.1. The number of phenols is 2. The molecule has 0 aliphatic rings. The predicted octanol–water partition coefficient (Wildman–Crippen LogP) is 9.44. The van der Waals surface area contributed by atoms with Crippen LogP contribution in [0.5, 0.6) is 11.5 Å². The van der Waals surface area contributed by atoms with Gasteiger partial charge in [-0.3, -0.25) is 0 Å². The van der Waals surface area contributed by atoms with Gasteiger partial charge in [0.05, 0.1) is 0 Å². The first-order chi connectivity index (χ1) is 16.2. The van der Waals surface area contributed by atoms with E-state index < -0.39 is 0 Å². The molecule has 0 fully saturated rings. The zero-order valence-corrected chi connectivity index (χ0v) is 27.1. The molecule has 0 saturated heterocycles. The first-order valence-corrected chi connectivity index (χ1v) is 13.6. The quantitative estimate of drug-likeness (QED) is 0.215. The molecule has 1 aromatic heterocycles. The van der Waals surface area contributed by atoms with Gasteiger partial charge in [0.15, 0.2) is 0 Å². The molecule has 2 nitrogen and oxygen atoms in total. The van der Waals surface area contributed by atoms with E-state index in [1.54, 1.807) is 12.1 Å². The van der Waals surface area contributed by atoms with Crippen molar-refractivity contribution >= 4 is 51.2 Å². The van der Waals surface area contributed by atoms with Crippen LogP contribution < -0.4 is 0 Å². The van der Waals surface area contributed by atoms with Crippen molar-refractivity contribution in [3.63, 3.8) is 0 Å². The molecule has 0 unspecified atom stereocenters. The summed E-state index contributed by atoms with van der Waals surface area (Å²) in [6, 6.07) is 19.9. The summed E-state index contributed by atoms with van der Waals surface area (Å²) in [6.07, 6.45) is 0. The predicted molar refractivity (Wildman–Crippen MR) is 165 cm³/mol. The Morgan fingerprint density at radius 1 is 0.703 bits per heavy atom. The Bertz CT molecular complexity index is 1220. The summed E-state index contributed by atoms with van der Waals surface area (Å²) in [5.41, 5.74) is 4.46.